The highest BCUT2D eigenvalue weighted by atomic mass is 35.5. The molecular formula is C37H61Cl3N8O4. The van der Waals surface area contributed by atoms with Gasteiger partial charge in [0.15, 0.2) is 0 Å². The van der Waals surface area contributed by atoms with Gasteiger partial charge in [0.2, 0.25) is 0 Å². The fourth-order valence-electron chi connectivity index (χ4n) is 6.19. The van der Waals surface area contributed by atoms with Crippen molar-refractivity contribution >= 4 is 59.4 Å². The summed E-state index contributed by atoms with van der Waals surface area (Å²) in [5.74, 6) is 1.42. The fraction of sp³-hybridized carbons (Fsp3) is 0.676. The van der Waals surface area contributed by atoms with Gasteiger partial charge in [-0.2, -0.15) is 0 Å². The first-order valence-corrected chi connectivity index (χ1v) is 18.8. The van der Waals surface area contributed by atoms with E-state index in [0.717, 1.165) is 68.3 Å². The van der Waals surface area contributed by atoms with Crippen LogP contribution in [0, 0.1) is 13.8 Å². The van der Waals surface area contributed by atoms with Gasteiger partial charge in [-0.05, 0) is 136 Å². The standard InChI is InChI=1S/C16H24ClN3O2.C11H16ClN3.C10H20N2O2.ClH/c1-10-8-11(17)14(18-9-10)19-12-6-5-7-13(12)20-15(21)22-16(2,3)4;1-7-5-8(12)11(14-6-7)15-10-4-2-3-9(10)13;1-10(2,3)14-9(13)12-8-6-4-5-7(8)11;/h8-9,12-13H,5-7H2,1-4H3,(H,18,19)(H,20,21);5-6,9-10H,2-4,13H2,1H3,(H,14,15);7-8H,4-6,11H2,1-3H3,(H,12,13);1H/t12-,13-;9-,10-;7-,8-;/m000./s1. The van der Waals surface area contributed by atoms with Gasteiger partial charge in [-0.25, -0.2) is 19.6 Å². The molecule has 294 valence electrons. The van der Waals surface area contributed by atoms with E-state index in [0.29, 0.717) is 21.9 Å². The van der Waals surface area contributed by atoms with Crippen molar-refractivity contribution in [1.82, 2.24) is 20.6 Å². The molecule has 0 aromatic carbocycles. The Bertz CT molecular complexity index is 1440. The Balaban J connectivity index is 0.000000277. The average molecular weight is 788 g/mol. The summed E-state index contributed by atoms with van der Waals surface area (Å²) in [6.45, 7) is 15.0. The number of nitrogens with zero attached hydrogens (tertiary/aromatic N) is 2. The molecule has 0 saturated heterocycles. The molecule has 3 saturated carbocycles. The molecule has 2 amide bonds. The van der Waals surface area contributed by atoms with Crippen LogP contribution in [0.5, 0.6) is 0 Å². The summed E-state index contributed by atoms with van der Waals surface area (Å²) in [6.07, 6.45) is 12.2. The minimum atomic E-state index is -0.493. The highest BCUT2D eigenvalue weighted by Gasteiger charge is 2.31. The van der Waals surface area contributed by atoms with E-state index < -0.39 is 11.2 Å². The molecule has 12 nitrogen and oxygen atoms in total. The van der Waals surface area contributed by atoms with E-state index in [4.69, 9.17) is 44.1 Å². The van der Waals surface area contributed by atoms with Gasteiger partial charge in [-0.3, -0.25) is 0 Å². The molecular weight excluding hydrogens is 727 g/mol. The minimum absolute atomic E-state index is 0. The molecule has 3 aliphatic carbocycles. The first-order valence-electron chi connectivity index (χ1n) is 18.1. The third-order valence-corrected chi connectivity index (χ3v) is 9.24. The molecule has 5 rings (SSSR count). The number of hydrogen-bond acceptors (Lipinski definition) is 10. The largest absolute Gasteiger partial charge is 0.444 e. The van der Waals surface area contributed by atoms with Crippen molar-refractivity contribution in [3.05, 3.63) is 45.7 Å². The van der Waals surface area contributed by atoms with E-state index >= 15 is 0 Å². The van der Waals surface area contributed by atoms with Crippen LogP contribution in [0.1, 0.15) is 110 Å². The maximum Gasteiger partial charge on any atom is 0.407 e. The molecule has 2 aromatic rings. The van der Waals surface area contributed by atoms with E-state index in [1.54, 1.807) is 6.20 Å². The van der Waals surface area contributed by atoms with E-state index in [2.05, 4.69) is 31.2 Å². The van der Waals surface area contributed by atoms with Gasteiger partial charge in [-0.1, -0.05) is 23.2 Å². The summed E-state index contributed by atoms with van der Waals surface area (Å²) < 4.78 is 10.5. The van der Waals surface area contributed by atoms with E-state index in [9.17, 15) is 9.59 Å². The highest BCUT2D eigenvalue weighted by Crippen LogP contribution is 2.28. The molecule has 2 aromatic heterocycles. The Kier molecular flexibility index (Phi) is 18.0. The van der Waals surface area contributed by atoms with E-state index in [1.807, 2.05) is 73.7 Å². The number of alkyl carbamates (subject to hydrolysis) is 2. The van der Waals surface area contributed by atoms with Crippen LogP contribution in [0.25, 0.3) is 0 Å². The van der Waals surface area contributed by atoms with Gasteiger partial charge in [0.25, 0.3) is 0 Å². The van der Waals surface area contributed by atoms with Crippen molar-refractivity contribution in [2.45, 2.75) is 161 Å². The predicted molar refractivity (Wildman–Crippen MR) is 214 cm³/mol. The summed E-state index contributed by atoms with van der Waals surface area (Å²) in [7, 11) is 0. The molecule has 3 aliphatic rings. The number of aromatic nitrogens is 2. The number of carbonyl (C=O) groups is 2. The zero-order chi connectivity index (χ0) is 37.9. The quantitative estimate of drug-likeness (QED) is 0.168. The van der Waals surface area contributed by atoms with E-state index in [-0.39, 0.29) is 54.8 Å². The molecule has 8 N–H and O–H groups in total. The lowest BCUT2D eigenvalue weighted by Gasteiger charge is -2.25. The van der Waals surface area contributed by atoms with Crippen molar-refractivity contribution in [3.63, 3.8) is 0 Å². The van der Waals surface area contributed by atoms with Gasteiger partial charge in [0.05, 0.1) is 16.1 Å². The smallest absolute Gasteiger partial charge is 0.407 e. The number of anilines is 2. The van der Waals surface area contributed by atoms with Gasteiger partial charge >= 0.3 is 12.2 Å². The molecule has 52 heavy (non-hydrogen) atoms. The molecule has 0 bridgehead atoms. The van der Waals surface area contributed by atoms with Gasteiger partial charge in [-0.15, -0.1) is 12.4 Å². The van der Waals surface area contributed by atoms with Crippen LogP contribution < -0.4 is 32.7 Å². The second kappa shape index (κ2) is 20.6. The number of aryl methyl sites for hydroxylation is 2. The zero-order valence-electron chi connectivity index (χ0n) is 32.0. The number of ether oxygens (including phenoxy) is 2. The van der Waals surface area contributed by atoms with Crippen molar-refractivity contribution in [2.75, 3.05) is 10.6 Å². The summed E-state index contributed by atoms with van der Waals surface area (Å²) >= 11 is 12.3. The zero-order valence-corrected chi connectivity index (χ0v) is 34.3. The Morgan fingerprint density at radius 2 is 1.02 bits per heavy atom. The van der Waals surface area contributed by atoms with Crippen LogP contribution in [0.15, 0.2) is 24.5 Å². The molecule has 0 spiro atoms. The second-order valence-corrected chi connectivity index (χ2v) is 16.6. The first kappa shape index (κ1) is 45.4. The topological polar surface area (TPSA) is 179 Å². The number of rotatable bonds is 6. The summed E-state index contributed by atoms with van der Waals surface area (Å²) in [5, 5.41) is 13.7. The van der Waals surface area contributed by atoms with Gasteiger partial charge in [0.1, 0.15) is 22.8 Å². The maximum atomic E-state index is 11.9. The van der Waals surface area contributed by atoms with Crippen LogP contribution in [0.2, 0.25) is 10.0 Å². The number of halogens is 3. The number of nitrogens with one attached hydrogen (secondary N) is 4. The van der Waals surface area contributed by atoms with E-state index in [1.165, 1.54) is 6.42 Å². The molecule has 3 fully saturated rings. The maximum absolute atomic E-state index is 11.9. The van der Waals surface area contributed by atoms with Crippen LogP contribution in [-0.2, 0) is 9.47 Å². The minimum Gasteiger partial charge on any atom is -0.444 e. The molecule has 0 radical (unpaired) electrons. The van der Waals surface area contributed by atoms with Crippen LogP contribution in [0.4, 0.5) is 21.2 Å². The second-order valence-electron chi connectivity index (χ2n) is 15.8. The Morgan fingerprint density at radius 3 is 1.42 bits per heavy atom. The number of carbonyl (C=O) groups excluding carboxylic acids is 2. The lowest BCUT2D eigenvalue weighted by atomic mass is 10.1. The normalized spacial score (nSPS) is 23.8. The number of amides is 2. The van der Waals surface area contributed by atoms with Crippen LogP contribution in [-0.4, -0.2) is 69.6 Å². The first-order chi connectivity index (χ1) is 23.8. The molecule has 6 atom stereocenters. The van der Waals surface area contributed by atoms with Crippen molar-refractivity contribution in [1.29, 1.82) is 0 Å². The summed E-state index contributed by atoms with van der Waals surface area (Å²) in [6, 6.07) is 4.64. The summed E-state index contributed by atoms with van der Waals surface area (Å²) in [4.78, 5) is 31.9. The van der Waals surface area contributed by atoms with Gasteiger partial charge in [0, 0.05) is 42.6 Å². The van der Waals surface area contributed by atoms with Crippen LogP contribution in [0.3, 0.4) is 0 Å². The highest BCUT2D eigenvalue weighted by molar-refractivity contribution is 6.33. The number of pyridine rings is 2. The third kappa shape index (κ3) is 16.1. The predicted octanol–water partition coefficient (Wildman–Crippen LogP) is 8.05. The molecule has 2 heterocycles. The van der Waals surface area contributed by atoms with Crippen molar-refractivity contribution in [3.8, 4) is 0 Å². The number of nitrogens with two attached hydrogens (primary N) is 2. The van der Waals surface area contributed by atoms with Gasteiger partial charge < -0.3 is 42.2 Å². The van der Waals surface area contributed by atoms with Crippen molar-refractivity contribution < 1.29 is 19.1 Å². The molecule has 0 unspecified atom stereocenters. The summed E-state index contributed by atoms with van der Waals surface area (Å²) in [5.41, 5.74) is 13.0. The monoisotopic (exact) mass is 786 g/mol. The lowest BCUT2D eigenvalue weighted by Crippen LogP contribution is -2.45. The fourth-order valence-corrected chi connectivity index (χ4v) is 6.74. The molecule has 0 aliphatic heterocycles. The SMILES string of the molecule is CC(C)(C)OC(=O)N[C@H]1CCC[C@@H]1N.Cc1cnc(N[C@H]2CCC[C@@H]2N)c(Cl)c1.Cc1cnc(N[C@H]2CCC[C@@H]2NC(=O)OC(C)(C)C)c(Cl)c1.Cl. The third-order valence-electron chi connectivity index (χ3n) is 8.66. The Labute approximate surface area is 326 Å². The molecule has 15 heteroatoms. The Morgan fingerprint density at radius 1 is 0.654 bits per heavy atom. The average Bonchev–Trinajstić information content (AvgIpc) is 3.72. The number of hydrogen-bond donors (Lipinski definition) is 6. The Hall–Kier alpha value is -2.77. The lowest BCUT2D eigenvalue weighted by molar-refractivity contribution is 0.0490. The van der Waals surface area contributed by atoms with Crippen LogP contribution >= 0.6 is 35.6 Å². The van der Waals surface area contributed by atoms with Crippen molar-refractivity contribution in [2.24, 2.45) is 11.5 Å².